The van der Waals surface area contributed by atoms with Crippen LogP contribution in [0.15, 0.2) is 42.5 Å². The summed E-state index contributed by atoms with van der Waals surface area (Å²) in [5.41, 5.74) is 1.67. The smallest absolute Gasteiger partial charge is 0.242 e. The number of hydrogen-bond acceptors (Lipinski definition) is 3. The third-order valence-corrected chi connectivity index (χ3v) is 6.70. The predicted molar refractivity (Wildman–Crippen MR) is 132 cm³/mol. The minimum atomic E-state index is -0.650. The number of rotatable bonds is 11. The molecule has 2 rings (SSSR count). The lowest BCUT2D eigenvalue weighted by Crippen LogP contribution is -2.48. The summed E-state index contributed by atoms with van der Waals surface area (Å²) in [6.45, 7) is 4.53. The molecular weight excluding hydrogens is 475 g/mol. The highest BCUT2D eigenvalue weighted by atomic mass is 35.5. The second kappa shape index (κ2) is 13.2. The van der Waals surface area contributed by atoms with Crippen LogP contribution in [0.4, 0.5) is 0 Å². The van der Waals surface area contributed by atoms with E-state index < -0.39 is 6.04 Å². The van der Waals surface area contributed by atoms with Crippen LogP contribution in [0.1, 0.15) is 37.8 Å². The van der Waals surface area contributed by atoms with Gasteiger partial charge in [-0.3, -0.25) is 9.59 Å². The van der Waals surface area contributed by atoms with Crippen molar-refractivity contribution >= 4 is 58.4 Å². The Bertz CT molecular complexity index is 875. The number of nitrogens with zero attached hydrogens (tertiary/aromatic N) is 1. The summed E-state index contributed by atoms with van der Waals surface area (Å²) >= 11 is 20.2. The van der Waals surface area contributed by atoms with Gasteiger partial charge in [0.1, 0.15) is 6.04 Å². The van der Waals surface area contributed by atoms with Gasteiger partial charge in [-0.1, -0.05) is 66.3 Å². The zero-order valence-electron chi connectivity index (χ0n) is 17.7. The van der Waals surface area contributed by atoms with Crippen molar-refractivity contribution < 1.29 is 9.59 Å². The molecule has 0 saturated heterocycles. The highest BCUT2D eigenvalue weighted by Gasteiger charge is 2.27. The minimum Gasteiger partial charge on any atom is -0.354 e. The zero-order valence-corrected chi connectivity index (χ0v) is 20.8. The molecule has 0 fully saturated rings. The molecule has 1 unspecified atom stereocenters. The Labute approximate surface area is 203 Å². The number of carbonyl (C=O) groups excluding carboxylic acids is 2. The van der Waals surface area contributed by atoms with E-state index in [4.69, 9.17) is 34.8 Å². The number of benzene rings is 2. The number of nitrogens with one attached hydrogen (secondary N) is 1. The van der Waals surface area contributed by atoms with E-state index in [0.29, 0.717) is 32.9 Å². The average molecular weight is 502 g/mol. The van der Waals surface area contributed by atoms with Crippen LogP contribution < -0.4 is 5.32 Å². The van der Waals surface area contributed by atoms with Gasteiger partial charge in [-0.2, -0.15) is 0 Å². The van der Waals surface area contributed by atoms with E-state index in [-0.39, 0.29) is 24.1 Å². The molecular formula is C23H27Cl3N2O2S. The van der Waals surface area contributed by atoms with E-state index in [1.165, 1.54) is 11.8 Å². The van der Waals surface area contributed by atoms with Gasteiger partial charge in [-0.25, -0.2) is 0 Å². The van der Waals surface area contributed by atoms with E-state index in [2.05, 4.69) is 12.2 Å². The Morgan fingerprint density at radius 3 is 2.42 bits per heavy atom. The van der Waals surface area contributed by atoms with Crippen LogP contribution in [0.2, 0.25) is 15.1 Å². The van der Waals surface area contributed by atoms with Gasteiger partial charge in [0.15, 0.2) is 0 Å². The molecule has 2 aromatic carbocycles. The average Bonchev–Trinajstić information content (AvgIpc) is 2.73. The lowest BCUT2D eigenvalue weighted by molar-refractivity contribution is -0.138. The Kier molecular flexibility index (Phi) is 11.0. The number of hydrogen-bond donors (Lipinski definition) is 1. The third-order valence-electron chi connectivity index (χ3n) is 4.77. The van der Waals surface area contributed by atoms with E-state index in [0.717, 1.165) is 18.4 Å². The van der Waals surface area contributed by atoms with Crippen LogP contribution in [0.5, 0.6) is 0 Å². The highest BCUT2D eigenvalue weighted by molar-refractivity contribution is 7.99. The standard InChI is InChI=1S/C23H27Cl3N2O2S/c1-3-4-11-27-23(30)16(2)28(13-19-20(25)9-6-10-21(19)26)22(29)15-31-14-17-7-5-8-18(24)12-17/h5-10,12,16H,3-4,11,13-15H2,1-2H3,(H,27,30). The van der Waals surface area contributed by atoms with Crippen LogP contribution in [0, 0.1) is 0 Å². The predicted octanol–water partition coefficient (Wildman–Crippen LogP) is 6.21. The summed E-state index contributed by atoms with van der Waals surface area (Å²) in [6, 6.07) is 12.1. The molecule has 31 heavy (non-hydrogen) atoms. The summed E-state index contributed by atoms with van der Waals surface area (Å²) in [7, 11) is 0. The molecule has 0 aliphatic rings. The quantitative estimate of drug-likeness (QED) is 0.372. The molecule has 4 nitrogen and oxygen atoms in total. The molecule has 0 bridgehead atoms. The van der Waals surface area contributed by atoms with Gasteiger partial charge in [-0.05, 0) is 43.2 Å². The number of thioether (sulfide) groups is 1. The number of carbonyl (C=O) groups is 2. The van der Waals surface area contributed by atoms with Crippen molar-refractivity contribution in [1.29, 1.82) is 0 Å². The van der Waals surface area contributed by atoms with Gasteiger partial charge >= 0.3 is 0 Å². The summed E-state index contributed by atoms with van der Waals surface area (Å²) in [4.78, 5) is 27.3. The van der Waals surface area contributed by atoms with Crippen molar-refractivity contribution in [2.75, 3.05) is 12.3 Å². The highest BCUT2D eigenvalue weighted by Crippen LogP contribution is 2.27. The van der Waals surface area contributed by atoms with Crippen molar-refractivity contribution in [2.24, 2.45) is 0 Å². The first kappa shape index (κ1) is 25.9. The second-order valence-corrected chi connectivity index (χ2v) is 9.40. The maximum atomic E-state index is 13.1. The van der Waals surface area contributed by atoms with Gasteiger partial charge in [0.2, 0.25) is 11.8 Å². The number of amides is 2. The first-order chi connectivity index (χ1) is 14.8. The molecule has 2 aromatic rings. The topological polar surface area (TPSA) is 49.4 Å². The Morgan fingerprint density at radius 1 is 1.10 bits per heavy atom. The summed E-state index contributed by atoms with van der Waals surface area (Å²) in [6.07, 6.45) is 1.87. The molecule has 8 heteroatoms. The molecule has 0 radical (unpaired) electrons. The lowest BCUT2D eigenvalue weighted by atomic mass is 10.1. The molecule has 1 atom stereocenters. The van der Waals surface area contributed by atoms with E-state index in [9.17, 15) is 9.59 Å². The molecule has 0 aliphatic carbocycles. The Balaban J connectivity index is 2.11. The van der Waals surface area contributed by atoms with Gasteiger partial charge < -0.3 is 10.2 Å². The van der Waals surface area contributed by atoms with Crippen molar-refractivity contribution in [3.05, 3.63) is 68.7 Å². The van der Waals surface area contributed by atoms with Gasteiger partial charge in [0.05, 0.1) is 5.75 Å². The van der Waals surface area contributed by atoms with E-state index in [1.54, 1.807) is 30.0 Å². The molecule has 1 N–H and O–H groups in total. The molecule has 0 spiro atoms. The van der Waals surface area contributed by atoms with Gasteiger partial charge in [0, 0.05) is 39.5 Å². The number of unbranched alkanes of at least 4 members (excludes halogenated alkanes) is 1. The van der Waals surface area contributed by atoms with Gasteiger partial charge in [0.25, 0.3) is 0 Å². The normalized spacial score (nSPS) is 11.8. The fraction of sp³-hybridized carbons (Fsp3) is 0.391. The summed E-state index contributed by atoms with van der Waals surface area (Å²) < 4.78 is 0. The van der Waals surface area contributed by atoms with Crippen LogP contribution in [-0.4, -0.2) is 35.1 Å². The second-order valence-electron chi connectivity index (χ2n) is 7.17. The van der Waals surface area contributed by atoms with Crippen LogP contribution in [0.25, 0.3) is 0 Å². The lowest BCUT2D eigenvalue weighted by Gasteiger charge is -2.29. The maximum absolute atomic E-state index is 13.1. The molecule has 0 aromatic heterocycles. The maximum Gasteiger partial charge on any atom is 0.242 e. The van der Waals surface area contributed by atoms with Gasteiger partial charge in [-0.15, -0.1) is 11.8 Å². The minimum absolute atomic E-state index is 0.152. The van der Waals surface area contributed by atoms with E-state index in [1.807, 2.05) is 24.3 Å². The van der Waals surface area contributed by atoms with Crippen LogP contribution in [-0.2, 0) is 21.9 Å². The first-order valence-electron chi connectivity index (χ1n) is 10.2. The first-order valence-corrected chi connectivity index (χ1v) is 12.4. The van der Waals surface area contributed by atoms with Crippen LogP contribution >= 0.6 is 46.6 Å². The van der Waals surface area contributed by atoms with E-state index >= 15 is 0 Å². The zero-order chi connectivity index (χ0) is 22.8. The molecule has 0 saturated carbocycles. The summed E-state index contributed by atoms with van der Waals surface area (Å²) in [5, 5.41) is 4.50. The largest absolute Gasteiger partial charge is 0.354 e. The Morgan fingerprint density at radius 2 is 1.77 bits per heavy atom. The van der Waals surface area contributed by atoms with Crippen molar-refractivity contribution in [3.63, 3.8) is 0 Å². The molecule has 0 aliphatic heterocycles. The molecule has 0 heterocycles. The van der Waals surface area contributed by atoms with Crippen molar-refractivity contribution in [1.82, 2.24) is 10.2 Å². The Hall–Kier alpha value is -1.40. The third kappa shape index (κ3) is 8.23. The van der Waals surface area contributed by atoms with Crippen molar-refractivity contribution in [2.45, 2.75) is 45.0 Å². The molecule has 2 amide bonds. The fourth-order valence-electron chi connectivity index (χ4n) is 2.94. The van der Waals surface area contributed by atoms with Crippen LogP contribution in [0.3, 0.4) is 0 Å². The molecule has 168 valence electrons. The number of halogens is 3. The summed E-state index contributed by atoms with van der Waals surface area (Å²) in [5.74, 6) is 0.525. The SMILES string of the molecule is CCCCNC(=O)C(C)N(Cc1c(Cl)cccc1Cl)C(=O)CSCc1cccc(Cl)c1. The van der Waals surface area contributed by atoms with Crippen molar-refractivity contribution in [3.8, 4) is 0 Å². The monoisotopic (exact) mass is 500 g/mol. The fourth-order valence-corrected chi connectivity index (χ4v) is 4.53.